The SMILES string of the molecule is CCCC(C)C(NN)C1CCCC1(C)C. The third kappa shape index (κ3) is 2.94. The Labute approximate surface area is 95.0 Å². The third-order valence-electron chi connectivity index (χ3n) is 4.32. The van der Waals surface area contributed by atoms with E-state index in [2.05, 4.69) is 33.1 Å². The first-order valence-electron chi connectivity index (χ1n) is 6.49. The predicted octanol–water partition coefficient (Wildman–Crippen LogP) is 3.08. The molecule has 0 radical (unpaired) electrons. The fourth-order valence-electron chi connectivity index (χ4n) is 3.33. The van der Waals surface area contributed by atoms with Crippen molar-refractivity contribution in [3.05, 3.63) is 0 Å². The smallest absolute Gasteiger partial charge is 0.0269 e. The Bertz CT molecular complexity index is 189. The molecule has 0 amide bonds. The standard InChI is InChI=1S/C13H28N2/c1-5-7-10(2)12(15-14)11-8-6-9-13(11,3)4/h10-12,15H,5-9,14H2,1-4H3. The first kappa shape index (κ1) is 13.0. The fraction of sp³-hybridized carbons (Fsp3) is 1.00. The molecular formula is C13H28N2. The molecule has 3 unspecified atom stereocenters. The molecule has 2 nitrogen and oxygen atoms in total. The summed E-state index contributed by atoms with van der Waals surface area (Å²) in [5, 5.41) is 0. The van der Waals surface area contributed by atoms with Gasteiger partial charge in [-0.25, -0.2) is 0 Å². The van der Waals surface area contributed by atoms with E-state index in [0.717, 1.165) is 5.92 Å². The van der Waals surface area contributed by atoms with Crippen LogP contribution in [0.1, 0.15) is 59.8 Å². The molecule has 1 aliphatic carbocycles. The van der Waals surface area contributed by atoms with Crippen molar-refractivity contribution in [1.82, 2.24) is 5.43 Å². The molecule has 0 aromatic carbocycles. The molecular weight excluding hydrogens is 184 g/mol. The minimum Gasteiger partial charge on any atom is -0.271 e. The maximum atomic E-state index is 5.75. The van der Waals surface area contributed by atoms with E-state index in [1.165, 1.54) is 32.1 Å². The summed E-state index contributed by atoms with van der Waals surface area (Å²) in [6.07, 6.45) is 6.60. The van der Waals surface area contributed by atoms with Gasteiger partial charge in [0.1, 0.15) is 0 Å². The van der Waals surface area contributed by atoms with Gasteiger partial charge in [0.05, 0.1) is 0 Å². The van der Waals surface area contributed by atoms with Crippen LogP contribution in [0.4, 0.5) is 0 Å². The van der Waals surface area contributed by atoms with E-state index in [1.54, 1.807) is 0 Å². The summed E-state index contributed by atoms with van der Waals surface area (Å²) >= 11 is 0. The fourth-order valence-corrected chi connectivity index (χ4v) is 3.33. The van der Waals surface area contributed by atoms with Gasteiger partial charge in [0.2, 0.25) is 0 Å². The summed E-state index contributed by atoms with van der Waals surface area (Å²) in [5.41, 5.74) is 3.56. The van der Waals surface area contributed by atoms with Crippen LogP contribution in [-0.4, -0.2) is 6.04 Å². The van der Waals surface area contributed by atoms with Crippen LogP contribution in [-0.2, 0) is 0 Å². The van der Waals surface area contributed by atoms with Crippen molar-refractivity contribution < 1.29 is 0 Å². The molecule has 1 aliphatic rings. The molecule has 0 saturated heterocycles. The zero-order valence-corrected chi connectivity index (χ0v) is 10.8. The molecule has 2 heteroatoms. The van der Waals surface area contributed by atoms with E-state index in [-0.39, 0.29) is 0 Å². The number of rotatable bonds is 5. The molecule has 1 fully saturated rings. The van der Waals surface area contributed by atoms with Gasteiger partial charge in [-0.1, -0.05) is 40.5 Å². The summed E-state index contributed by atoms with van der Waals surface area (Å²) < 4.78 is 0. The molecule has 0 spiro atoms. The van der Waals surface area contributed by atoms with E-state index >= 15 is 0 Å². The van der Waals surface area contributed by atoms with Gasteiger partial charge in [-0.2, -0.15) is 0 Å². The average molecular weight is 212 g/mol. The lowest BCUT2D eigenvalue weighted by Gasteiger charge is -2.37. The van der Waals surface area contributed by atoms with Crippen LogP contribution in [0, 0.1) is 17.3 Å². The molecule has 3 atom stereocenters. The minimum absolute atomic E-state index is 0.471. The normalized spacial score (nSPS) is 29.0. The predicted molar refractivity (Wildman–Crippen MR) is 66.3 cm³/mol. The highest BCUT2D eigenvalue weighted by Gasteiger charge is 2.40. The second kappa shape index (κ2) is 5.31. The quantitative estimate of drug-likeness (QED) is 0.543. The average Bonchev–Trinajstić information content (AvgIpc) is 2.48. The molecule has 0 aliphatic heterocycles. The van der Waals surface area contributed by atoms with Crippen LogP contribution in [0.5, 0.6) is 0 Å². The molecule has 0 aromatic rings. The number of hydrogen-bond acceptors (Lipinski definition) is 2. The third-order valence-corrected chi connectivity index (χ3v) is 4.32. The van der Waals surface area contributed by atoms with Gasteiger partial charge >= 0.3 is 0 Å². The second-order valence-electron chi connectivity index (χ2n) is 5.95. The van der Waals surface area contributed by atoms with Crippen molar-refractivity contribution in [3.8, 4) is 0 Å². The van der Waals surface area contributed by atoms with Gasteiger partial charge in [0, 0.05) is 6.04 Å². The molecule has 90 valence electrons. The first-order chi connectivity index (χ1) is 7.03. The van der Waals surface area contributed by atoms with E-state index in [1.807, 2.05) is 0 Å². The second-order valence-corrected chi connectivity index (χ2v) is 5.95. The monoisotopic (exact) mass is 212 g/mol. The van der Waals surface area contributed by atoms with E-state index in [9.17, 15) is 0 Å². The van der Waals surface area contributed by atoms with Crippen LogP contribution in [0.3, 0.4) is 0 Å². The molecule has 15 heavy (non-hydrogen) atoms. The Hall–Kier alpha value is -0.0800. The summed E-state index contributed by atoms with van der Waals surface area (Å²) in [4.78, 5) is 0. The van der Waals surface area contributed by atoms with E-state index in [4.69, 9.17) is 5.84 Å². The Balaban J connectivity index is 2.65. The Kier molecular flexibility index (Phi) is 4.60. The molecule has 0 bridgehead atoms. The van der Waals surface area contributed by atoms with Gasteiger partial charge in [0.25, 0.3) is 0 Å². The van der Waals surface area contributed by atoms with Crippen molar-refractivity contribution in [2.24, 2.45) is 23.1 Å². The number of hydrogen-bond donors (Lipinski definition) is 2. The number of nitrogens with one attached hydrogen (secondary N) is 1. The highest BCUT2D eigenvalue weighted by atomic mass is 15.2. The summed E-state index contributed by atoms with van der Waals surface area (Å²) in [5.74, 6) is 7.21. The Morgan fingerprint density at radius 3 is 2.53 bits per heavy atom. The molecule has 0 heterocycles. The lowest BCUT2D eigenvalue weighted by atomic mass is 9.73. The van der Waals surface area contributed by atoms with E-state index < -0.39 is 0 Å². The topological polar surface area (TPSA) is 38.0 Å². The van der Waals surface area contributed by atoms with Gasteiger partial charge < -0.3 is 0 Å². The van der Waals surface area contributed by atoms with Crippen molar-refractivity contribution in [2.45, 2.75) is 65.8 Å². The zero-order valence-electron chi connectivity index (χ0n) is 10.8. The van der Waals surface area contributed by atoms with Gasteiger partial charge in [-0.05, 0) is 36.5 Å². The molecule has 1 rings (SSSR count). The van der Waals surface area contributed by atoms with Gasteiger partial charge in [-0.15, -0.1) is 0 Å². The van der Waals surface area contributed by atoms with Crippen LogP contribution in [0.2, 0.25) is 0 Å². The number of hydrazine groups is 1. The largest absolute Gasteiger partial charge is 0.271 e. The lowest BCUT2D eigenvalue weighted by Crippen LogP contribution is -2.48. The van der Waals surface area contributed by atoms with Crippen LogP contribution in [0.15, 0.2) is 0 Å². The van der Waals surface area contributed by atoms with Crippen molar-refractivity contribution in [3.63, 3.8) is 0 Å². The van der Waals surface area contributed by atoms with E-state index in [0.29, 0.717) is 17.4 Å². The van der Waals surface area contributed by atoms with Crippen LogP contribution in [0.25, 0.3) is 0 Å². The van der Waals surface area contributed by atoms with Gasteiger partial charge in [0.15, 0.2) is 0 Å². The maximum absolute atomic E-state index is 5.75. The Morgan fingerprint density at radius 2 is 2.13 bits per heavy atom. The van der Waals surface area contributed by atoms with Crippen LogP contribution >= 0.6 is 0 Å². The van der Waals surface area contributed by atoms with Gasteiger partial charge in [-0.3, -0.25) is 11.3 Å². The highest BCUT2D eigenvalue weighted by Crippen LogP contribution is 2.45. The molecule has 1 saturated carbocycles. The van der Waals surface area contributed by atoms with Crippen LogP contribution < -0.4 is 11.3 Å². The summed E-state index contributed by atoms with van der Waals surface area (Å²) in [7, 11) is 0. The van der Waals surface area contributed by atoms with Crippen molar-refractivity contribution in [2.75, 3.05) is 0 Å². The first-order valence-corrected chi connectivity index (χ1v) is 6.49. The Morgan fingerprint density at radius 1 is 1.47 bits per heavy atom. The zero-order chi connectivity index (χ0) is 11.5. The number of nitrogens with two attached hydrogens (primary N) is 1. The molecule has 3 N–H and O–H groups in total. The van der Waals surface area contributed by atoms with Crippen molar-refractivity contribution >= 4 is 0 Å². The maximum Gasteiger partial charge on any atom is 0.0269 e. The highest BCUT2D eigenvalue weighted by molar-refractivity contribution is 4.93. The lowest BCUT2D eigenvalue weighted by molar-refractivity contribution is 0.155. The summed E-state index contributed by atoms with van der Waals surface area (Å²) in [6.45, 7) is 9.38. The van der Waals surface area contributed by atoms with Crippen molar-refractivity contribution in [1.29, 1.82) is 0 Å². The summed E-state index contributed by atoms with van der Waals surface area (Å²) in [6, 6.07) is 0.502. The minimum atomic E-state index is 0.471. The molecule has 0 aromatic heterocycles.